The average Bonchev–Trinajstić information content (AvgIpc) is 2.47. The van der Waals surface area contributed by atoms with Gasteiger partial charge in [0.25, 0.3) is 0 Å². The maximum Gasteiger partial charge on any atom is 0.341 e. The van der Waals surface area contributed by atoms with E-state index < -0.39 is 11.8 Å². The zero-order valence-corrected chi connectivity index (χ0v) is 11.3. The Morgan fingerprint density at radius 2 is 1.90 bits per heavy atom. The van der Waals surface area contributed by atoms with Crippen LogP contribution in [0.3, 0.4) is 0 Å². The maximum atomic E-state index is 14.0. The van der Waals surface area contributed by atoms with Crippen LogP contribution in [-0.2, 0) is 4.74 Å². The van der Waals surface area contributed by atoms with Gasteiger partial charge in [-0.05, 0) is 42.3 Å². The number of halogens is 1. The van der Waals surface area contributed by atoms with E-state index in [1.165, 1.54) is 24.3 Å². The van der Waals surface area contributed by atoms with Gasteiger partial charge in [-0.3, -0.25) is 4.79 Å². The van der Waals surface area contributed by atoms with Crippen molar-refractivity contribution >= 4 is 12.3 Å². The molecule has 0 heterocycles. The lowest BCUT2D eigenvalue weighted by molar-refractivity contribution is 0.0521. The third kappa shape index (κ3) is 3.08. The van der Waals surface area contributed by atoms with Gasteiger partial charge in [-0.25, -0.2) is 9.18 Å². The second-order valence-electron chi connectivity index (χ2n) is 4.31. The zero-order valence-electron chi connectivity index (χ0n) is 11.3. The number of rotatable bonds is 4. The van der Waals surface area contributed by atoms with Crippen LogP contribution in [0.25, 0.3) is 11.1 Å². The van der Waals surface area contributed by atoms with Crippen molar-refractivity contribution in [3.8, 4) is 16.9 Å². The molecule has 0 bridgehead atoms. The van der Waals surface area contributed by atoms with Gasteiger partial charge in [0.05, 0.1) is 17.7 Å². The summed E-state index contributed by atoms with van der Waals surface area (Å²) in [5, 5.41) is 9.45. The van der Waals surface area contributed by atoms with Gasteiger partial charge < -0.3 is 9.84 Å². The molecule has 5 heteroatoms. The number of carbonyl (C=O) groups excluding carboxylic acids is 2. The summed E-state index contributed by atoms with van der Waals surface area (Å²) in [5.41, 5.74) is 1.02. The Balaban J connectivity index is 2.40. The van der Waals surface area contributed by atoms with Crippen molar-refractivity contribution in [1.29, 1.82) is 0 Å². The normalized spacial score (nSPS) is 10.2. The lowest BCUT2D eigenvalue weighted by atomic mass is 10.0. The highest BCUT2D eigenvalue weighted by Gasteiger charge is 2.14. The van der Waals surface area contributed by atoms with Crippen molar-refractivity contribution in [2.45, 2.75) is 6.92 Å². The predicted molar refractivity (Wildman–Crippen MR) is 74.8 cm³/mol. The molecule has 0 aliphatic heterocycles. The predicted octanol–water partition coefficient (Wildman–Crippen LogP) is 3.19. The Labute approximate surface area is 120 Å². The van der Waals surface area contributed by atoms with E-state index in [1.54, 1.807) is 19.1 Å². The van der Waals surface area contributed by atoms with E-state index in [0.29, 0.717) is 17.4 Å². The highest BCUT2D eigenvalue weighted by molar-refractivity contribution is 5.90. The van der Waals surface area contributed by atoms with E-state index in [-0.39, 0.29) is 23.5 Å². The lowest BCUT2D eigenvalue weighted by Crippen LogP contribution is -2.07. The summed E-state index contributed by atoms with van der Waals surface area (Å²) in [7, 11) is 0. The van der Waals surface area contributed by atoms with Crippen molar-refractivity contribution in [2.24, 2.45) is 0 Å². The number of aldehydes is 1. The summed E-state index contributed by atoms with van der Waals surface area (Å²) in [6.07, 6.45) is 0.516. The minimum Gasteiger partial charge on any atom is -0.507 e. The standard InChI is InChI=1S/C16H13FO4/c1-2-21-16(20)13-5-3-11(8-14(13)17)10-4-6-15(19)12(7-10)9-18/h3-9,19H,2H2,1H3. The topological polar surface area (TPSA) is 63.6 Å². The number of aromatic hydroxyl groups is 1. The molecule has 0 spiro atoms. The molecule has 4 nitrogen and oxygen atoms in total. The van der Waals surface area contributed by atoms with E-state index in [2.05, 4.69) is 0 Å². The number of carbonyl (C=O) groups is 2. The Morgan fingerprint density at radius 1 is 1.24 bits per heavy atom. The molecule has 21 heavy (non-hydrogen) atoms. The van der Waals surface area contributed by atoms with Crippen LogP contribution in [0.1, 0.15) is 27.6 Å². The van der Waals surface area contributed by atoms with Crippen LogP contribution in [0.15, 0.2) is 36.4 Å². The minimum absolute atomic E-state index is 0.113. The van der Waals surface area contributed by atoms with E-state index in [1.807, 2.05) is 0 Å². The third-order valence-electron chi connectivity index (χ3n) is 2.95. The van der Waals surface area contributed by atoms with Crippen LogP contribution in [-0.4, -0.2) is 24.0 Å². The van der Waals surface area contributed by atoms with Crippen molar-refractivity contribution in [3.63, 3.8) is 0 Å². The van der Waals surface area contributed by atoms with Gasteiger partial charge in [0.15, 0.2) is 6.29 Å². The lowest BCUT2D eigenvalue weighted by Gasteiger charge is -2.07. The summed E-state index contributed by atoms with van der Waals surface area (Å²) < 4.78 is 18.7. The number of esters is 1. The molecule has 2 rings (SSSR count). The van der Waals surface area contributed by atoms with Gasteiger partial charge in [-0.2, -0.15) is 0 Å². The molecule has 0 aliphatic carbocycles. The molecule has 0 unspecified atom stereocenters. The first-order chi connectivity index (χ1) is 10.1. The molecule has 1 N–H and O–H groups in total. The molecular weight excluding hydrogens is 275 g/mol. The number of phenolic OH excluding ortho intramolecular Hbond substituents is 1. The Morgan fingerprint density at radius 3 is 2.52 bits per heavy atom. The van der Waals surface area contributed by atoms with Crippen molar-refractivity contribution in [2.75, 3.05) is 6.61 Å². The molecule has 108 valence electrons. The number of phenols is 1. The Bertz CT molecular complexity index is 695. The molecule has 0 aliphatic rings. The van der Waals surface area contributed by atoms with E-state index >= 15 is 0 Å². The molecule has 0 saturated heterocycles. The van der Waals surface area contributed by atoms with Gasteiger partial charge in [-0.1, -0.05) is 12.1 Å². The largest absolute Gasteiger partial charge is 0.507 e. The number of benzene rings is 2. The molecule has 0 saturated carbocycles. The van der Waals surface area contributed by atoms with Crippen molar-refractivity contribution < 1.29 is 23.8 Å². The van der Waals surface area contributed by atoms with Crippen LogP contribution in [0, 0.1) is 5.82 Å². The first kappa shape index (κ1) is 14.7. The van der Waals surface area contributed by atoms with Crippen LogP contribution in [0.5, 0.6) is 5.75 Å². The third-order valence-corrected chi connectivity index (χ3v) is 2.95. The fraction of sp³-hybridized carbons (Fsp3) is 0.125. The molecule has 0 radical (unpaired) electrons. The second-order valence-corrected chi connectivity index (χ2v) is 4.31. The summed E-state index contributed by atoms with van der Waals surface area (Å²) in [6, 6.07) is 8.43. The van der Waals surface area contributed by atoms with E-state index in [0.717, 1.165) is 0 Å². The highest BCUT2D eigenvalue weighted by atomic mass is 19.1. The van der Waals surface area contributed by atoms with Crippen LogP contribution >= 0.6 is 0 Å². The number of ether oxygens (including phenoxy) is 1. The summed E-state index contributed by atoms with van der Waals surface area (Å²) in [6.45, 7) is 1.81. The fourth-order valence-corrected chi connectivity index (χ4v) is 1.90. The van der Waals surface area contributed by atoms with Gasteiger partial charge >= 0.3 is 5.97 Å². The van der Waals surface area contributed by atoms with Gasteiger partial charge in [0.1, 0.15) is 11.6 Å². The highest BCUT2D eigenvalue weighted by Crippen LogP contribution is 2.26. The summed E-state index contributed by atoms with van der Waals surface area (Å²) in [4.78, 5) is 22.3. The molecular formula is C16H13FO4. The monoisotopic (exact) mass is 288 g/mol. The molecule has 2 aromatic rings. The van der Waals surface area contributed by atoms with Gasteiger partial charge in [0.2, 0.25) is 0 Å². The molecule has 2 aromatic carbocycles. The van der Waals surface area contributed by atoms with Crippen LogP contribution < -0.4 is 0 Å². The van der Waals surface area contributed by atoms with E-state index in [9.17, 15) is 19.1 Å². The SMILES string of the molecule is CCOC(=O)c1ccc(-c2ccc(O)c(C=O)c2)cc1F. The van der Waals surface area contributed by atoms with Crippen LogP contribution in [0.2, 0.25) is 0 Å². The maximum absolute atomic E-state index is 14.0. The first-order valence-corrected chi connectivity index (χ1v) is 6.32. The Kier molecular flexibility index (Phi) is 4.33. The summed E-state index contributed by atoms with van der Waals surface area (Å²) >= 11 is 0. The number of hydrogen-bond acceptors (Lipinski definition) is 4. The zero-order chi connectivity index (χ0) is 15.4. The quantitative estimate of drug-likeness (QED) is 0.693. The molecule has 0 aromatic heterocycles. The molecule has 0 atom stereocenters. The molecule has 0 amide bonds. The summed E-state index contributed by atoms with van der Waals surface area (Å²) in [5.74, 6) is -1.56. The number of hydrogen-bond donors (Lipinski definition) is 1. The van der Waals surface area contributed by atoms with E-state index in [4.69, 9.17) is 4.74 Å². The Hall–Kier alpha value is -2.69. The molecule has 0 fully saturated rings. The van der Waals surface area contributed by atoms with Crippen molar-refractivity contribution in [1.82, 2.24) is 0 Å². The smallest absolute Gasteiger partial charge is 0.341 e. The van der Waals surface area contributed by atoms with Crippen molar-refractivity contribution in [3.05, 3.63) is 53.3 Å². The van der Waals surface area contributed by atoms with Gasteiger partial charge in [0, 0.05) is 0 Å². The van der Waals surface area contributed by atoms with Gasteiger partial charge in [-0.15, -0.1) is 0 Å². The second kappa shape index (κ2) is 6.17. The first-order valence-electron chi connectivity index (χ1n) is 6.32. The minimum atomic E-state index is -0.721. The fourth-order valence-electron chi connectivity index (χ4n) is 1.90. The van der Waals surface area contributed by atoms with Crippen LogP contribution in [0.4, 0.5) is 4.39 Å². The average molecular weight is 288 g/mol.